The Bertz CT molecular complexity index is 161. The first kappa shape index (κ1) is 8.68. The molecule has 1 atom stereocenters. The highest BCUT2D eigenvalue weighted by Gasteiger charge is 2.32. The molecule has 1 aliphatic heterocycles. The predicted molar refractivity (Wildman–Crippen MR) is 43.8 cm³/mol. The van der Waals surface area contributed by atoms with Crippen LogP contribution in [0.15, 0.2) is 4.99 Å². The summed E-state index contributed by atoms with van der Waals surface area (Å²) in [5.41, 5.74) is 0.451. The quantitative estimate of drug-likeness (QED) is 0.663. The van der Waals surface area contributed by atoms with Crippen molar-refractivity contribution < 1.29 is 9.84 Å². The van der Waals surface area contributed by atoms with E-state index < -0.39 is 5.72 Å². The number of aliphatic hydroxyl groups excluding tert-OH is 1. The van der Waals surface area contributed by atoms with E-state index in [2.05, 4.69) is 4.99 Å². The lowest BCUT2D eigenvalue weighted by atomic mass is 10.2. The van der Waals surface area contributed by atoms with E-state index >= 15 is 0 Å². The van der Waals surface area contributed by atoms with E-state index in [0.29, 0.717) is 6.61 Å². The first-order chi connectivity index (χ1) is 5.26. The molecule has 1 rings (SSSR count). The fraction of sp³-hybridized carbons (Fsp3) is 0.875. The van der Waals surface area contributed by atoms with E-state index in [0.717, 1.165) is 18.6 Å². The van der Waals surface area contributed by atoms with Gasteiger partial charge in [0.25, 0.3) is 0 Å². The zero-order chi connectivity index (χ0) is 8.32. The molecule has 0 saturated carbocycles. The molecule has 0 aromatic rings. The van der Waals surface area contributed by atoms with Gasteiger partial charge in [-0.05, 0) is 12.8 Å². The van der Waals surface area contributed by atoms with E-state index in [1.165, 1.54) is 0 Å². The van der Waals surface area contributed by atoms with Gasteiger partial charge in [0.05, 0.1) is 13.2 Å². The van der Waals surface area contributed by atoms with Crippen LogP contribution in [-0.2, 0) is 4.74 Å². The second kappa shape index (κ2) is 3.32. The Balaban J connectivity index is 2.67. The minimum atomic E-state index is -0.606. The largest absolute Gasteiger partial charge is 0.391 e. The maximum atomic E-state index is 9.00. The number of nitrogens with zero attached hydrogens (tertiary/aromatic N) is 1. The van der Waals surface area contributed by atoms with Crippen molar-refractivity contribution in [3.8, 4) is 0 Å². The lowest BCUT2D eigenvalue weighted by Crippen LogP contribution is -2.30. The first-order valence-corrected chi connectivity index (χ1v) is 4.08. The standard InChI is InChI=1S/C8H15NO2/c1-3-7-5-11-8(4-2,6-10)9-7/h10H,3-6H2,1-2H3. The molecule has 3 heteroatoms. The third-order valence-corrected chi connectivity index (χ3v) is 2.08. The summed E-state index contributed by atoms with van der Waals surface area (Å²) >= 11 is 0. The summed E-state index contributed by atoms with van der Waals surface area (Å²) in [7, 11) is 0. The number of aliphatic hydroxyl groups is 1. The summed E-state index contributed by atoms with van der Waals surface area (Å²) in [5.74, 6) is 0. The van der Waals surface area contributed by atoms with Gasteiger partial charge in [-0.1, -0.05) is 13.8 Å². The van der Waals surface area contributed by atoms with Gasteiger partial charge < -0.3 is 9.84 Å². The average Bonchev–Trinajstić information content (AvgIpc) is 2.49. The molecule has 0 amide bonds. The highest BCUT2D eigenvalue weighted by atomic mass is 16.5. The Hall–Kier alpha value is -0.410. The van der Waals surface area contributed by atoms with Crippen molar-refractivity contribution in [3.05, 3.63) is 0 Å². The first-order valence-electron chi connectivity index (χ1n) is 4.08. The Morgan fingerprint density at radius 1 is 1.64 bits per heavy atom. The van der Waals surface area contributed by atoms with Crippen LogP contribution in [0.1, 0.15) is 26.7 Å². The fourth-order valence-electron chi connectivity index (χ4n) is 1.13. The van der Waals surface area contributed by atoms with Crippen LogP contribution in [0.4, 0.5) is 0 Å². The number of rotatable bonds is 3. The van der Waals surface area contributed by atoms with Crippen LogP contribution in [0.3, 0.4) is 0 Å². The molecule has 0 aliphatic carbocycles. The molecule has 1 aliphatic rings. The van der Waals surface area contributed by atoms with Gasteiger partial charge in [-0.3, -0.25) is 4.99 Å². The molecular formula is C8H15NO2. The molecule has 1 N–H and O–H groups in total. The Morgan fingerprint density at radius 3 is 2.64 bits per heavy atom. The third-order valence-electron chi connectivity index (χ3n) is 2.08. The molecule has 3 nitrogen and oxygen atoms in total. The van der Waals surface area contributed by atoms with E-state index in [1.54, 1.807) is 0 Å². The second-order valence-electron chi connectivity index (χ2n) is 2.78. The summed E-state index contributed by atoms with van der Waals surface area (Å²) in [6.45, 7) is 4.60. The van der Waals surface area contributed by atoms with Gasteiger partial charge >= 0.3 is 0 Å². The highest BCUT2D eigenvalue weighted by Crippen LogP contribution is 2.23. The smallest absolute Gasteiger partial charge is 0.181 e. The van der Waals surface area contributed by atoms with Gasteiger partial charge in [-0.15, -0.1) is 0 Å². The Morgan fingerprint density at radius 2 is 2.36 bits per heavy atom. The minimum absolute atomic E-state index is 0.00694. The van der Waals surface area contributed by atoms with Crippen LogP contribution in [0, 0.1) is 0 Å². The zero-order valence-electron chi connectivity index (χ0n) is 7.13. The maximum Gasteiger partial charge on any atom is 0.181 e. The number of hydrogen-bond acceptors (Lipinski definition) is 3. The fourth-order valence-corrected chi connectivity index (χ4v) is 1.13. The number of aliphatic imine (C=N–C) groups is 1. The lowest BCUT2D eigenvalue weighted by Gasteiger charge is -2.20. The summed E-state index contributed by atoms with van der Waals surface area (Å²) in [6.07, 6.45) is 1.66. The Labute approximate surface area is 67.1 Å². The van der Waals surface area contributed by atoms with Gasteiger partial charge in [0, 0.05) is 5.71 Å². The van der Waals surface area contributed by atoms with Gasteiger partial charge in [0.1, 0.15) is 0 Å². The van der Waals surface area contributed by atoms with Gasteiger partial charge in [-0.25, -0.2) is 0 Å². The van der Waals surface area contributed by atoms with Crippen molar-refractivity contribution >= 4 is 5.71 Å². The van der Waals surface area contributed by atoms with Crippen LogP contribution in [0.25, 0.3) is 0 Å². The van der Waals surface area contributed by atoms with Crippen LogP contribution in [-0.4, -0.2) is 29.8 Å². The summed E-state index contributed by atoms with van der Waals surface area (Å²) < 4.78 is 5.39. The average molecular weight is 157 g/mol. The molecule has 0 fully saturated rings. The Kier molecular flexibility index (Phi) is 2.62. The monoisotopic (exact) mass is 157 g/mol. The minimum Gasteiger partial charge on any atom is -0.391 e. The zero-order valence-corrected chi connectivity index (χ0v) is 7.13. The van der Waals surface area contributed by atoms with E-state index in [-0.39, 0.29) is 6.61 Å². The lowest BCUT2D eigenvalue weighted by molar-refractivity contribution is -0.0445. The van der Waals surface area contributed by atoms with Crippen LogP contribution < -0.4 is 0 Å². The molecule has 11 heavy (non-hydrogen) atoms. The molecule has 0 aromatic heterocycles. The van der Waals surface area contributed by atoms with Crippen LogP contribution >= 0.6 is 0 Å². The molecule has 0 radical (unpaired) electrons. The van der Waals surface area contributed by atoms with E-state index in [9.17, 15) is 0 Å². The van der Waals surface area contributed by atoms with E-state index in [4.69, 9.17) is 9.84 Å². The van der Waals surface area contributed by atoms with Gasteiger partial charge in [-0.2, -0.15) is 0 Å². The molecule has 1 unspecified atom stereocenters. The number of hydrogen-bond donors (Lipinski definition) is 1. The molecule has 0 bridgehead atoms. The molecular weight excluding hydrogens is 142 g/mol. The van der Waals surface area contributed by atoms with Crippen molar-refractivity contribution in [1.29, 1.82) is 0 Å². The molecule has 0 spiro atoms. The van der Waals surface area contributed by atoms with Crippen molar-refractivity contribution in [2.75, 3.05) is 13.2 Å². The summed E-state index contributed by atoms with van der Waals surface area (Å²) in [5, 5.41) is 9.00. The molecule has 0 saturated heterocycles. The summed E-state index contributed by atoms with van der Waals surface area (Å²) in [4.78, 5) is 4.32. The predicted octanol–water partition coefficient (Wildman–Crippen LogP) is 0.966. The maximum absolute atomic E-state index is 9.00. The SMILES string of the molecule is CCC1=NC(CC)(CO)OC1. The van der Waals surface area contributed by atoms with Crippen LogP contribution in [0.2, 0.25) is 0 Å². The normalized spacial score (nSPS) is 30.6. The molecule has 64 valence electrons. The molecule has 1 heterocycles. The van der Waals surface area contributed by atoms with Crippen molar-refractivity contribution in [3.63, 3.8) is 0 Å². The van der Waals surface area contributed by atoms with Crippen LogP contribution in [0.5, 0.6) is 0 Å². The van der Waals surface area contributed by atoms with E-state index in [1.807, 2.05) is 13.8 Å². The van der Waals surface area contributed by atoms with Crippen molar-refractivity contribution in [1.82, 2.24) is 0 Å². The topological polar surface area (TPSA) is 41.8 Å². The van der Waals surface area contributed by atoms with Crippen molar-refractivity contribution in [2.24, 2.45) is 4.99 Å². The third kappa shape index (κ3) is 1.60. The second-order valence-corrected chi connectivity index (χ2v) is 2.78. The van der Waals surface area contributed by atoms with Crippen molar-refractivity contribution in [2.45, 2.75) is 32.4 Å². The molecule has 0 aromatic carbocycles. The summed E-state index contributed by atoms with van der Waals surface area (Å²) in [6, 6.07) is 0. The van der Waals surface area contributed by atoms with Gasteiger partial charge in [0.2, 0.25) is 0 Å². The van der Waals surface area contributed by atoms with Gasteiger partial charge in [0.15, 0.2) is 5.72 Å². The number of ether oxygens (including phenoxy) is 1. The highest BCUT2D eigenvalue weighted by molar-refractivity contribution is 5.87.